The molecule has 0 N–H and O–H groups in total. The third kappa shape index (κ3) is 10.0. The summed E-state index contributed by atoms with van der Waals surface area (Å²) in [6.07, 6.45) is 0.240. The molecule has 0 aromatic heterocycles. The van der Waals surface area contributed by atoms with Crippen LogP contribution in [0.15, 0.2) is 62.8 Å². The van der Waals surface area contributed by atoms with Gasteiger partial charge >= 0.3 is 24.6 Å². The molecule has 12 nitrogen and oxygen atoms in total. The first-order chi connectivity index (χ1) is 16.3. The van der Waals surface area contributed by atoms with Gasteiger partial charge < -0.3 is 37.9 Å². The standard InChI is InChI=1S/C22H22O12/c1-5-9-27-19(23)31-15-13-17(33-21(25)29-11-7-3)18(34-22(26)30-12-8-4)14-16(15)32-20(24)28-10-6-2/h5-8,13-14H,1-4,9-12H2. The van der Waals surface area contributed by atoms with Gasteiger partial charge in [-0.3, -0.25) is 0 Å². The zero-order chi connectivity index (χ0) is 25.3. The van der Waals surface area contributed by atoms with Crippen molar-refractivity contribution in [1.82, 2.24) is 0 Å². The summed E-state index contributed by atoms with van der Waals surface area (Å²) >= 11 is 0. The number of hydrogen-bond donors (Lipinski definition) is 0. The molecule has 0 radical (unpaired) electrons. The normalized spacial score (nSPS) is 9.41. The van der Waals surface area contributed by atoms with Crippen molar-refractivity contribution in [3.05, 3.63) is 62.8 Å². The highest BCUT2D eigenvalue weighted by Crippen LogP contribution is 2.40. The molecule has 0 unspecified atom stereocenters. The Hall–Kier alpha value is -4.74. The van der Waals surface area contributed by atoms with E-state index in [0.717, 1.165) is 12.1 Å². The fraction of sp³-hybridized carbons (Fsp3) is 0.182. The van der Waals surface area contributed by atoms with E-state index >= 15 is 0 Å². The van der Waals surface area contributed by atoms with Crippen LogP contribution in [-0.4, -0.2) is 51.0 Å². The van der Waals surface area contributed by atoms with E-state index in [1.807, 2.05) is 0 Å². The maximum Gasteiger partial charge on any atom is 0.514 e. The maximum absolute atomic E-state index is 11.9. The van der Waals surface area contributed by atoms with E-state index in [1.165, 1.54) is 24.3 Å². The molecule has 0 bridgehead atoms. The molecule has 182 valence electrons. The average Bonchev–Trinajstić information content (AvgIpc) is 2.81. The van der Waals surface area contributed by atoms with Gasteiger partial charge in [0.1, 0.15) is 26.4 Å². The van der Waals surface area contributed by atoms with Gasteiger partial charge in [-0.25, -0.2) is 19.2 Å². The Labute approximate surface area is 194 Å². The van der Waals surface area contributed by atoms with Crippen LogP contribution in [0.1, 0.15) is 0 Å². The lowest BCUT2D eigenvalue weighted by Gasteiger charge is -2.15. The van der Waals surface area contributed by atoms with Crippen LogP contribution >= 0.6 is 0 Å². The van der Waals surface area contributed by atoms with Gasteiger partial charge in [-0.1, -0.05) is 50.6 Å². The van der Waals surface area contributed by atoms with Crippen LogP contribution in [0.3, 0.4) is 0 Å². The Morgan fingerprint density at radius 2 is 0.706 bits per heavy atom. The van der Waals surface area contributed by atoms with Crippen LogP contribution in [0.2, 0.25) is 0 Å². The minimum atomic E-state index is -1.22. The van der Waals surface area contributed by atoms with Crippen LogP contribution in [0.25, 0.3) is 0 Å². The minimum Gasteiger partial charge on any atom is -0.430 e. The van der Waals surface area contributed by atoms with Gasteiger partial charge in [-0.15, -0.1) is 0 Å². The molecule has 0 aliphatic rings. The topological polar surface area (TPSA) is 142 Å². The van der Waals surface area contributed by atoms with E-state index in [1.54, 1.807) is 0 Å². The summed E-state index contributed by atoms with van der Waals surface area (Å²) in [6, 6.07) is 1.80. The number of hydrogen-bond acceptors (Lipinski definition) is 12. The molecule has 0 saturated carbocycles. The largest absolute Gasteiger partial charge is 0.514 e. The maximum atomic E-state index is 11.9. The van der Waals surface area contributed by atoms with Crippen molar-refractivity contribution in [2.45, 2.75) is 0 Å². The van der Waals surface area contributed by atoms with Gasteiger partial charge in [0.25, 0.3) is 0 Å². The van der Waals surface area contributed by atoms with E-state index < -0.39 is 47.6 Å². The van der Waals surface area contributed by atoms with Crippen LogP contribution < -0.4 is 18.9 Å². The van der Waals surface area contributed by atoms with E-state index in [-0.39, 0.29) is 26.4 Å². The first-order valence-corrected chi connectivity index (χ1v) is 9.34. The van der Waals surface area contributed by atoms with Crippen molar-refractivity contribution in [3.63, 3.8) is 0 Å². The molecule has 0 aliphatic heterocycles. The molecule has 34 heavy (non-hydrogen) atoms. The monoisotopic (exact) mass is 478 g/mol. The molecule has 1 aromatic carbocycles. The SMILES string of the molecule is C=CCOC(=O)Oc1cc(OC(=O)OCC=C)c(OC(=O)OCC=C)cc1OC(=O)OCC=C. The highest BCUT2D eigenvalue weighted by atomic mass is 16.8. The molecule has 0 amide bonds. The lowest BCUT2D eigenvalue weighted by atomic mass is 10.2. The second-order valence-electron chi connectivity index (χ2n) is 5.55. The van der Waals surface area contributed by atoms with E-state index in [0.29, 0.717) is 0 Å². The minimum absolute atomic E-state index is 0.191. The molecule has 1 rings (SSSR count). The smallest absolute Gasteiger partial charge is 0.430 e. The number of carbonyl (C=O) groups excluding carboxylic acids is 4. The first kappa shape index (κ1) is 27.3. The van der Waals surface area contributed by atoms with E-state index in [4.69, 9.17) is 37.9 Å². The third-order valence-electron chi connectivity index (χ3n) is 3.06. The second kappa shape index (κ2) is 15.1. The third-order valence-corrected chi connectivity index (χ3v) is 3.06. The number of rotatable bonds is 12. The van der Waals surface area contributed by atoms with Gasteiger partial charge in [0.05, 0.1) is 0 Å². The zero-order valence-electron chi connectivity index (χ0n) is 18.0. The highest BCUT2D eigenvalue weighted by Gasteiger charge is 2.24. The van der Waals surface area contributed by atoms with Crippen LogP contribution in [0, 0.1) is 0 Å². The Balaban J connectivity index is 3.39. The Bertz CT molecular complexity index is 788. The number of benzene rings is 1. The first-order valence-electron chi connectivity index (χ1n) is 9.34. The predicted octanol–water partition coefficient (Wildman–Crippen LogP) is 4.49. The van der Waals surface area contributed by atoms with Gasteiger partial charge in [0, 0.05) is 12.1 Å². The Morgan fingerprint density at radius 1 is 0.500 bits per heavy atom. The van der Waals surface area contributed by atoms with E-state index in [2.05, 4.69) is 26.3 Å². The van der Waals surface area contributed by atoms with Gasteiger partial charge in [0.15, 0.2) is 23.0 Å². The lowest BCUT2D eigenvalue weighted by Crippen LogP contribution is -2.17. The van der Waals surface area contributed by atoms with Crippen LogP contribution in [0.4, 0.5) is 19.2 Å². The summed E-state index contributed by atoms with van der Waals surface area (Å²) in [5, 5.41) is 0. The molecular weight excluding hydrogens is 456 g/mol. The second-order valence-corrected chi connectivity index (χ2v) is 5.55. The Morgan fingerprint density at radius 3 is 0.882 bits per heavy atom. The molecule has 0 atom stereocenters. The van der Waals surface area contributed by atoms with Crippen molar-refractivity contribution in [2.24, 2.45) is 0 Å². The number of ether oxygens (including phenoxy) is 8. The molecule has 0 spiro atoms. The Kier molecular flexibility index (Phi) is 12.1. The summed E-state index contributed by atoms with van der Waals surface area (Å²) in [7, 11) is 0. The molecular formula is C22H22O12. The molecule has 0 fully saturated rings. The van der Waals surface area contributed by atoms with E-state index in [9.17, 15) is 19.2 Å². The average molecular weight is 478 g/mol. The predicted molar refractivity (Wildman–Crippen MR) is 115 cm³/mol. The fourth-order valence-corrected chi connectivity index (χ4v) is 1.83. The van der Waals surface area contributed by atoms with Gasteiger partial charge in [0.2, 0.25) is 0 Å². The lowest BCUT2D eigenvalue weighted by molar-refractivity contribution is 0.0950. The summed E-state index contributed by atoms with van der Waals surface area (Å²) in [5.41, 5.74) is 0. The van der Waals surface area contributed by atoms with Crippen molar-refractivity contribution < 1.29 is 57.1 Å². The van der Waals surface area contributed by atoms with Gasteiger partial charge in [-0.2, -0.15) is 0 Å². The quantitative estimate of drug-likeness (QED) is 0.181. The summed E-state index contributed by atoms with van der Waals surface area (Å²) in [5.74, 6) is -1.88. The molecule has 0 heterocycles. The van der Waals surface area contributed by atoms with Crippen molar-refractivity contribution in [1.29, 1.82) is 0 Å². The summed E-state index contributed by atoms with van der Waals surface area (Å²) in [6.45, 7) is 12.8. The summed E-state index contributed by atoms with van der Waals surface area (Å²) in [4.78, 5) is 47.6. The molecule has 1 aromatic rings. The fourth-order valence-electron chi connectivity index (χ4n) is 1.83. The van der Waals surface area contributed by atoms with Crippen molar-refractivity contribution in [3.8, 4) is 23.0 Å². The molecule has 0 aliphatic carbocycles. The van der Waals surface area contributed by atoms with Crippen LogP contribution in [0.5, 0.6) is 23.0 Å². The highest BCUT2D eigenvalue weighted by molar-refractivity contribution is 5.74. The summed E-state index contributed by atoms with van der Waals surface area (Å²) < 4.78 is 38.8. The van der Waals surface area contributed by atoms with Crippen molar-refractivity contribution in [2.75, 3.05) is 26.4 Å². The van der Waals surface area contributed by atoms with Crippen LogP contribution in [-0.2, 0) is 18.9 Å². The molecule has 12 heteroatoms. The zero-order valence-corrected chi connectivity index (χ0v) is 18.0. The molecule has 0 saturated heterocycles. The number of carbonyl (C=O) groups is 4. The van der Waals surface area contributed by atoms with Gasteiger partial charge in [-0.05, 0) is 0 Å². The van der Waals surface area contributed by atoms with Crippen molar-refractivity contribution >= 4 is 24.6 Å².